The molecule has 0 amide bonds. The highest BCUT2D eigenvalue weighted by Gasteiger charge is 2.43. The molecule has 0 aromatic carbocycles. The minimum absolute atomic E-state index is 0.308. The molecule has 0 unspecified atom stereocenters. The van der Waals surface area contributed by atoms with Gasteiger partial charge in [-0.1, -0.05) is 0 Å². The second-order valence-electron chi connectivity index (χ2n) is 3.36. The van der Waals surface area contributed by atoms with Crippen LogP contribution in [-0.2, 0) is 12.1 Å². The third kappa shape index (κ3) is 3.84. The second-order valence-corrected chi connectivity index (χ2v) is 3.62. The Kier molecular flexibility index (Phi) is 4.67. The average Bonchev–Trinajstić information content (AvgIpc) is 2.24. The van der Waals surface area contributed by atoms with Crippen molar-refractivity contribution in [1.29, 1.82) is 0 Å². The molecule has 1 rings (SSSR count). The summed E-state index contributed by atoms with van der Waals surface area (Å²) in [6.45, 7) is 0. The van der Waals surface area contributed by atoms with Gasteiger partial charge in [0.2, 0.25) is 5.88 Å². The van der Waals surface area contributed by atoms with Crippen LogP contribution in [0.3, 0.4) is 0 Å². The molecule has 0 atom stereocenters. The standard InChI is InChI=1S/C9H4ClF8NO/c10-1-3-2-19-7(20-9(16,17)18)4(6(11)12)5(3)8(13,14)15/h2,6H,1H2. The smallest absolute Gasteiger partial charge is 0.387 e. The lowest BCUT2D eigenvalue weighted by molar-refractivity contribution is -0.277. The largest absolute Gasteiger partial charge is 0.574 e. The number of hydrogen-bond acceptors (Lipinski definition) is 2. The SMILES string of the molecule is FC(F)c1c(OC(F)(F)F)ncc(CCl)c1C(F)(F)F. The van der Waals surface area contributed by atoms with E-state index in [1.54, 1.807) is 0 Å². The predicted octanol–water partition coefficient (Wildman–Crippen LogP) is 4.68. The summed E-state index contributed by atoms with van der Waals surface area (Å²) in [6, 6.07) is 0. The van der Waals surface area contributed by atoms with Gasteiger partial charge in [0, 0.05) is 12.1 Å². The molecule has 0 fully saturated rings. The first kappa shape index (κ1) is 16.7. The molecule has 0 saturated carbocycles. The maximum atomic E-state index is 12.7. The number of halogens is 9. The first-order valence-electron chi connectivity index (χ1n) is 4.66. The van der Waals surface area contributed by atoms with Crippen LogP contribution in [-0.4, -0.2) is 11.3 Å². The first-order valence-corrected chi connectivity index (χ1v) is 5.19. The van der Waals surface area contributed by atoms with E-state index in [1.165, 1.54) is 0 Å². The number of pyridine rings is 1. The van der Waals surface area contributed by atoms with Crippen LogP contribution in [0.15, 0.2) is 6.20 Å². The van der Waals surface area contributed by atoms with Crippen molar-refractivity contribution >= 4 is 11.6 Å². The Morgan fingerprint density at radius 1 is 1.15 bits per heavy atom. The van der Waals surface area contributed by atoms with E-state index in [0.29, 0.717) is 6.20 Å². The number of alkyl halides is 9. The molecule has 0 aliphatic carbocycles. The van der Waals surface area contributed by atoms with Crippen molar-refractivity contribution in [1.82, 2.24) is 4.98 Å². The number of hydrogen-bond donors (Lipinski definition) is 0. The number of rotatable bonds is 3. The van der Waals surface area contributed by atoms with Gasteiger partial charge in [-0.15, -0.1) is 24.8 Å². The molecule has 0 N–H and O–H groups in total. The van der Waals surface area contributed by atoms with E-state index < -0.39 is 47.4 Å². The van der Waals surface area contributed by atoms with Crippen LogP contribution in [0.2, 0.25) is 0 Å². The van der Waals surface area contributed by atoms with Gasteiger partial charge in [0.25, 0.3) is 6.43 Å². The Hall–Kier alpha value is -1.32. The van der Waals surface area contributed by atoms with Crippen LogP contribution in [0.5, 0.6) is 5.88 Å². The van der Waals surface area contributed by atoms with Gasteiger partial charge >= 0.3 is 12.5 Å². The highest BCUT2D eigenvalue weighted by atomic mass is 35.5. The summed E-state index contributed by atoms with van der Waals surface area (Å²) in [6.07, 6.45) is -14.4. The van der Waals surface area contributed by atoms with Crippen molar-refractivity contribution in [2.24, 2.45) is 0 Å². The number of nitrogens with zero attached hydrogens (tertiary/aromatic N) is 1. The zero-order valence-corrected chi connectivity index (χ0v) is 9.87. The van der Waals surface area contributed by atoms with Gasteiger partial charge in [-0.2, -0.15) is 13.2 Å². The van der Waals surface area contributed by atoms with E-state index in [2.05, 4.69) is 9.72 Å². The van der Waals surface area contributed by atoms with Crippen LogP contribution >= 0.6 is 11.6 Å². The van der Waals surface area contributed by atoms with Crippen LogP contribution < -0.4 is 4.74 Å². The maximum absolute atomic E-state index is 12.7. The third-order valence-electron chi connectivity index (χ3n) is 2.02. The Labute approximate surface area is 111 Å². The molecule has 114 valence electrons. The molecule has 1 aromatic heterocycles. The predicted molar refractivity (Wildman–Crippen MR) is 50.4 cm³/mol. The summed E-state index contributed by atoms with van der Waals surface area (Å²) in [4.78, 5) is 2.82. The fourth-order valence-electron chi connectivity index (χ4n) is 1.38. The van der Waals surface area contributed by atoms with Crippen LogP contribution in [0.1, 0.15) is 23.1 Å². The lowest BCUT2D eigenvalue weighted by Crippen LogP contribution is -2.22. The monoisotopic (exact) mass is 329 g/mol. The van der Waals surface area contributed by atoms with Crippen molar-refractivity contribution < 1.29 is 39.9 Å². The van der Waals surface area contributed by atoms with Gasteiger partial charge in [-0.25, -0.2) is 13.8 Å². The highest BCUT2D eigenvalue weighted by Crippen LogP contribution is 2.43. The summed E-state index contributed by atoms with van der Waals surface area (Å²) in [7, 11) is 0. The van der Waals surface area contributed by atoms with Gasteiger partial charge in [0.15, 0.2) is 0 Å². The van der Waals surface area contributed by atoms with Crippen LogP contribution in [0.4, 0.5) is 35.1 Å². The Morgan fingerprint density at radius 2 is 1.70 bits per heavy atom. The minimum atomic E-state index is -5.46. The highest BCUT2D eigenvalue weighted by molar-refractivity contribution is 6.17. The van der Waals surface area contributed by atoms with Crippen LogP contribution in [0.25, 0.3) is 0 Å². The van der Waals surface area contributed by atoms with Crippen molar-refractivity contribution in [2.45, 2.75) is 24.8 Å². The molecule has 0 radical (unpaired) electrons. The Balaban J connectivity index is 3.57. The molecule has 2 nitrogen and oxygen atoms in total. The molecule has 1 aromatic rings. The van der Waals surface area contributed by atoms with Gasteiger partial charge in [-0.3, -0.25) is 0 Å². The molecule has 0 aliphatic rings. The lowest BCUT2D eigenvalue weighted by atomic mass is 10.0. The maximum Gasteiger partial charge on any atom is 0.574 e. The topological polar surface area (TPSA) is 22.1 Å². The fourth-order valence-corrected chi connectivity index (χ4v) is 1.58. The summed E-state index contributed by atoms with van der Waals surface area (Å²) < 4.78 is 103. The molecular weight excluding hydrogens is 326 g/mol. The van der Waals surface area contributed by atoms with Gasteiger partial charge < -0.3 is 4.74 Å². The lowest BCUT2D eigenvalue weighted by Gasteiger charge is -2.19. The van der Waals surface area contributed by atoms with Gasteiger partial charge in [0.1, 0.15) is 0 Å². The molecule has 1 heterocycles. The number of ether oxygens (including phenoxy) is 1. The molecule has 0 bridgehead atoms. The number of aromatic nitrogens is 1. The van der Waals surface area contributed by atoms with E-state index >= 15 is 0 Å². The molecule has 0 aliphatic heterocycles. The molecule has 0 spiro atoms. The van der Waals surface area contributed by atoms with Gasteiger partial charge in [0.05, 0.1) is 11.1 Å². The zero-order chi connectivity index (χ0) is 15.7. The minimum Gasteiger partial charge on any atom is -0.387 e. The van der Waals surface area contributed by atoms with Crippen molar-refractivity contribution in [3.8, 4) is 5.88 Å². The van der Waals surface area contributed by atoms with Crippen LogP contribution in [0, 0.1) is 0 Å². The summed E-state index contributed by atoms with van der Waals surface area (Å²) in [5, 5.41) is 0. The Morgan fingerprint density at radius 3 is 2.05 bits per heavy atom. The molecule has 11 heteroatoms. The first-order chi connectivity index (χ1) is 8.97. The second kappa shape index (κ2) is 5.58. The quantitative estimate of drug-likeness (QED) is 0.593. The third-order valence-corrected chi connectivity index (χ3v) is 2.30. The van der Waals surface area contributed by atoms with E-state index in [1.807, 2.05) is 0 Å². The zero-order valence-electron chi connectivity index (χ0n) is 9.12. The average molecular weight is 330 g/mol. The van der Waals surface area contributed by atoms with E-state index in [9.17, 15) is 35.1 Å². The van der Waals surface area contributed by atoms with E-state index in [0.717, 1.165) is 0 Å². The molecule has 20 heavy (non-hydrogen) atoms. The van der Waals surface area contributed by atoms with Crippen molar-refractivity contribution in [2.75, 3.05) is 0 Å². The van der Waals surface area contributed by atoms with Crippen molar-refractivity contribution in [3.05, 3.63) is 22.9 Å². The fraction of sp³-hybridized carbons (Fsp3) is 0.444. The Bertz CT molecular complexity index is 484. The van der Waals surface area contributed by atoms with E-state index in [4.69, 9.17) is 11.6 Å². The van der Waals surface area contributed by atoms with Gasteiger partial charge in [-0.05, 0) is 5.56 Å². The summed E-state index contributed by atoms with van der Waals surface area (Å²) >= 11 is 5.15. The van der Waals surface area contributed by atoms with E-state index in [-0.39, 0.29) is 0 Å². The normalized spacial score (nSPS) is 12.9. The summed E-state index contributed by atoms with van der Waals surface area (Å²) in [5.41, 5.74) is -4.84. The molecule has 0 saturated heterocycles. The molecular formula is C9H4ClF8NO. The van der Waals surface area contributed by atoms with Crippen molar-refractivity contribution in [3.63, 3.8) is 0 Å². The summed E-state index contributed by atoms with van der Waals surface area (Å²) in [5.74, 6) is -2.71.